The van der Waals surface area contributed by atoms with Crippen molar-refractivity contribution < 1.29 is 32.6 Å². The molecule has 0 aliphatic carbocycles. The number of hydrogen-bond donors (Lipinski definition) is 4. The molecule has 13 heteroatoms. The van der Waals surface area contributed by atoms with Crippen molar-refractivity contribution in [2.75, 3.05) is 31.2 Å². The number of oxime groups is 1. The van der Waals surface area contributed by atoms with Crippen LogP contribution in [0.15, 0.2) is 35.6 Å². The number of rotatable bonds is 8. The van der Waals surface area contributed by atoms with Gasteiger partial charge in [-0.15, -0.1) is 0 Å². The normalized spacial score (nSPS) is 13.7. The number of benzene rings is 1. The number of aliphatic hydroxyl groups excluding tert-OH is 1. The molecule has 1 aromatic carbocycles. The number of nitrogens with zero attached hydrogens (tertiary/aromatic N) is 3. The van der Waals surface area contributed by atoms with Crippen LogP contribution in [0.25, 0.3) is 11.1 Å². The van der Waals surface area contributed by atoms with E-state index >= 15 is 0 Å². The van der Waals surface area contributed by atoms with E-state index in [0.717, 1.165) is 6.07 Å². The molecular formula is C20H21F3N6O4. The molecular weight excluding hydrogens is 445 g/mol. The fourth-order valence-electron chi connectivity index (χ4n) is 2.88. The molecule has 0 radical (unpaired) electrons. The summed E-state index contributed by atoms with van der Waals surface area (Å²) in [5, 5.41) is 21.2. The number of ether oxygens (including phenoxy) is 1. The van der Waals surface area contributed by atoms with Gasteiger partial charge in [0.2, 0.25) is 0 Å². The number of nitrogens with one attached hydrogen (secondary N) is 2. The summed E-state index contributed by atoms with van der Waals surface area (Å²) in [6.07, 6.45) is -1.23. The van der Waals surface area contributed by atoms with E-state index in [4.69, 9.17) is 25.8 Å². The lowest BCUT2D eigenvalue weighted by Crippen LogP contribution is -2.48. The Labute approximate surface area is 186 Å². The Hall–Kier alpha value is -3.87. The van der Waals surface area contributed by atoms with Crippen LogP contribution >= 0.6 is 0 Å². The zero-order valence-corrected chi connectivity index (χ0v) is 17.2. The van der Waals surface area contributed by atoms with Gasteiger partial charge in [0.25, 0.3) is 0 Å². The highest BCUT2D eigenvalue weighted by atomic mass is 19.1. The fraction of sp³-hybridized carbons (Fsp3) is 0.300. The SMILES string of the molecule is N=C(N)NC(=O)OCc1cccc(-c2cnc(N3CC(=NOCC(F)CO)C3)c(F)c2)c1F. The van der Waals surface area contributed by atoms with Gasteiger partial charge in [-0.3, -0.25) is 10.7 Å². The topological polar surface area (TPSA) is 146 Å². The van der Waals surface area contributed by atoms with E-state index in [1.54, 1.807) is 4.90 Å². The van der Waals surface area contributed by atoms with Gasteiger partial charge in [0, 0.05) is 22.9 Å². The highest BCUT2D eigenvalue weighted by molar-refractivity contribution is 5.99. The highest BCUT2D eigenvalue weighted by Gasteiger charge is 2.27. The van der Waals surface area contributed by atoms with E-state index in [2.05, 4.69) is 10.1 Å². The van der Waals surface area contributed by atoms with Gasteiger partial charge in [-0.1, -0.05) is 23.4 Å². The number of nitrogens with two attached hydrogens (primary N) is 1. The molecule has 0 saturated carbocycles. The minimum Gasteiger partial charge on any atom is -0.444 e. The second kappa shape index (κ2) is 10.6. The van der Waals surface area contributed by atoms with Crippen molar-refractivity contribution in [1.29, 1.82) is 5.41 Å². The maximum absolute atomic E-state index is 14.9. The number of amides is 1. The molecule has 3 rings (SSSR count). The van der Waals surface area contributed by atoms with E-state index in [1.165, 1.54) is 24.4 Å². The first-order chi connectivity index (χ1) is 15.8. The van der Waals surface area contributed by atoms with E-state index in [0.29, 0.717) is 5.71 Å². The van der Waals surface area contributed by atoms with Crippen molar-refractivity contribution in [3.63, 3.8) is 0 Å². The number of carbonyl (C=O) groups is 1. The second-order valence-corrected chi connectivity index (χ2v) is 7.01. The summed E-state index contributed by atoms with van der Waals surface area (Å²) >= 11 is 0. The maximum atomic E-state index is 14.9. The first-order valence-corrected chi connectivity index (χ1v) is 9.67. The Bertz CT molecular complexity index is 1060. The number of anilines is 1. The van der Waals surface area contributed by atoms with Crippen LogP contribution in [0, 0.1) is 17.0 Å². The molecule has 1 aromatic heterocycles. The molecule has 0 bridgehead atoms. The van der Waals surface area contributed by atoms with E-state index < -0.39 is 43.1 Å². The fourth-order valence-corrected chi connectivity index (χ4v) is 2.88. The number of hydrogen-bond acceptors (Lipinski definition) is 8. The Kier molecular flexibility index (Phi) is 7.66. The van der Waals surface area contributed by atoms with E-state index in [1.807, 2.05) is 5.32 Å². The summed E-state index contributed by atoms with van der Waals surface area (Å²) in [5.41, 5.74) is 5.85. The molecule has 2 heterocycles. The number of aliphatic hydroxyl groups is 1. The minimum atomic E-state index is -1.53. The zero-order valence-electron chi connectivity index (χ0n) is 17.2. The maximum Gasteiger partial charge on any atom is 0.414 e. The average molecular weight is 466 g/mol. The third kappa shape index (κ3) is 6.10. The summed E-state index contributed by atoms with van der Waals surface area (Å²) in [4.78, 5) is 21.8. The van der Waals surface area contributed by atoms with Crippen LogP contribution in [0.1, 0.15) is 5.56 Å². The lowest BCUT2D eigenvalue weighted by Gasteiger charge is -2.33. The van der Waals surface area contributed by atoms with E-state index in [9.17, 15) is 18.0 Å². The van der Waals surface area contributed by atoms with Crippen LogP contribution in [-0.4, -0.2) is 60.3 Å². The van der Waals surface area contributed by atoms with Crippen molar-refractivity contribution >= 4 is 23.6 Å². The van der Waals surface area contributed by atoms with Crippen LogP contribution in [-0.2, 0) is 16.2 Å². The number of guanidine groups is 1. The predicted octanol–water partition coefficient (Wildman–Crippen LogP) is 1.67. The van der Waals surface area contributed by atoms with Gasteiger partial charge < -0.3 is 25.3 Å². The second-order valence-electron chi connectivity index (χ2n) is 7.01. The molecule has 10 nitrogen and oxygen atoms in total. The molecule has 0 spiro atoms. The van der Waals surface area contributed by atoms with Crippen LogP contribution in [0.3, 0.4) is 0 Å². The van der Waals surface area contributed by atoms with Gasteiger partial charge in [0.15, 0.2) is 30.4 Å². The zero-order chi connectivity index (χ0) is 24.0. The Morgan fingerprint density at radius 2 is 2.15 bits per heavy atom. The molecule has 176 valence electrons. The molecule has 1 fully saturated rings. The van der Waals surface area contributed by atoms with Crippen molar-refractivity contribution in [3.05, 3.63) is 47.7 Å². The smallest absolute Gasteiger partial charge is 0.414 e. The molecule has 2 aromatic rings. The minimum absolute atomic E-state index is 0.0380. The average Bonchev–Trinajstić information content (AvgIpc) is 2.74. The number of alkyl carbamates (subject to hydrolysis) is 1. The van der Waals surface area contributed by atoms with Crippen LogP contribution in [0.5, 0.6) is 0 Å². The van der Waals surface area contributed by atoms with Gasteiger partial charge in [-0.2, -0.15) is 0 Å². The third-order valence-electron chi connectivity index (χ3n) is 4.50. The molecule has 1 saturated heterocycles. The lowest BCUT2D eigenvalue weighted by atomic mass is 10.0. The molecule has 1 unspecified atom stereocenters. The van der Waals surface area contributed by atoms with Crippen molar-refractivity contribution in [3.8, 4) is 11.1 Å². The quantitative estimate of drug-likeness (QED) is 0.263. The summed E-state index contributed by atoms with van der Waals surface area (Å²) in [7, 11) is 0. The van der Waals surface area contributed by atoms with Crippen molar-refractivity contribution in [2.24, 2.45) is 10.9 Å². The molecule has 1 aliphatic rings. The molecule has 5 N–H and O–H groups in total. The lowest BCUT2D eigenvalue weighted by molar-refractivity contribution is 0.0554. The Morgan fingerprint density at radius 3 is 2.82 bits per heavy atom. The number of aromatic nitrogens is 1. The standard InChI is InChI=1S/C20H21F3N6O4/c21-13(8-30)10-33-28-14-6-29(7-14)18-16(22)4-12(5-26-18)15-3-1-2-11(17(15)23)9-32-20(31)27-19(24)25/h1-5,13,30H,6-10H2,(H4,24,25,27,31). The summed E-state index contributed by atoms with van der Waals surface area (Å²) in [6.45, 7) is -1.01. The summed E-state index contributed by atoms with van der Waals surface area (Å²) in [6, 6.07) is 5.48. The van der Waals surface area contributed by atoms with Crippen molar-refractivity contribution in [2.45, 2.75) is 12.8 Å². The number of alkyl halides is 1. The van der Waals surface area contributed by atoms with Crippen LogP contribution < -0.4 is 16.0 Å². The molecule has 1 atom stereocenters. The number of pyridine rings is 1. The van der Waals surface area contributed by atoms with Gasteiger partial charge in [-0.25, -0.2) is 22.9 Å². The third-order valence-corrected chi connectivity index (χ3v) is 4.50. The first kappa shape index (κ1) is 23.8. The van der Waals surface area contributed by atoms with Gasteiger partial charge in [-0.05, 0) is 6.07 Å². The summed E-state index contributed by atoms with van der Waals surface area (Å²) < 4.78 is 47.2. The molecule has 1 amide bonds. The largest absolute Gasteiger partial charge is 0.444 e. The summed E-state index contributed by atoms with van der Waals surface area (Å²) in [5.74, 6) is -1.97. The van der Waals surface area contributed by atoms with Gasteiger partial charge in [0.1, 0.15) is 12.4 Å². The monoisotopic (exact) mass is 466 g/mol. The van der Waals surface area contributed by atoms with Crippen molar-refractivity contribution in [1.82, 2.24) is 10.3 Å². The van der Waals surface area contributed by atoms with Gasteiger partial charge in [0.05, 0.1) is 25.4 Å². The van der Waals surface area contributed by atoms with Crippen LogP contribution in [0.4, 0.5) is 23.8 Å². The van der Waals surface area contributed by atoms with Gasteiger partial charge >= 0.3 is 6.09 Å². The predicted molar refractivity (Wildman–Crippen MR) is 112 cm³/mol. The number of carbonyl (C=O) groups excluding carboxylic acids is 1. The Balaban J connectivity index is 1.65. The van der Waals surface area contributed by atoms with Crippen LogP contribution in [0.2, 0.25) is 0 Å². The highest BCUT2D eigenvalue weighted by Crippen LogP contribution is 2.29. The molecule has 33 heavy (non-hydrogen) atoms. The number of halogens is 3. The molecule has 1 aliphatic heterocycles. The van der Waals surface area contributed by atoms with E-state index in [-0.39, 0.29) is 42.2 Å². The first-order valence-electron chi connectivity index (χ1n) is 9.67. The Morgan fingerprint density at radius 1 is 1.39 bits per heavy atom.